The van der Waals surface area contributed by atoms with E-state index in [1.807, 2.05) is 30.3 Å². The second kappa shape index (κ2) is 10.7. The molecule has 1 aromatic carbocycles. The molecule has 0 saturated heterocycles. The van der Waals surface area contributed by atoms with Gasteiger partial charge in [0.05, 0.1) is 0 Å². The minimum atomic E-state index is 0.110. The van der Waals surface area contributed by atoms with E-state index < -0.39 is 0 Å². The molecule has 1 N–H and O–H groups in total. The predicted octanol–water partition coefficient (Wildman–Crippen LogP) is 5.69. The monoisotopic (exact) mass is 337 g/mol. The Morgan fingerprint density at radius 3 is 2.30 bits per heavy atom. The van der Waals surface area contributed by atoms with Crippen molar-refractivity contribution in [2.45, 2.75) is 51.4 Å². The van der Waals surface area contributed by atoms with Crippen molar-refractivity contribution < 1.29 is 4.79 Å². The zero-order chi connectivity index (χ0) is 14.6. The lowest BCUT2D eigenvalue weighted by Gasteiger charge is -2.05. The van der Waals surface area contributed by atoms with Crippen LogP contribution in [-0.2, 0) is 4.79 Å². The van der Waals surface area contributed by atoms with Gasteiger partial charge < -0.3 is 5.32 Å². The number of nitrogens with one attached hydrogen (secondary N) is 1. The molecule has 0 unspecified atom stereocenters. The van der Waals surface area contributed by atoms with Crippen molar-refractivity contribution in [3.05, 3.63) is 41.4 Å². The molecule has 1 aromatic rings. The topological polar surface area (TPSA) is 29.1 Å². The first kappa shape index (κ1) is 17.0. The maximum Gasteiger partial charge on any atom is 0.224 e. The van der Waals surface area contributed by atoms with E-state index in [-0.39, 0.29) is 5.91 Å². The van der Waals surface area contributed by atoms with Gasteiger partial charge in [0.2, 0.25) is 5.91 Å². The van der Waals surface area contributed by atoms with Crippen LogP contribution >= 0.6 is 15.9 Å². The van der Waals surface area contributed by atoms with Crippen molar-refractivity contribution in [2.75, 3.05) is 5.32 Å². The lowest BCUT2D eigenvalue weighted by atomic mass is 10.1. The van der Waals surface area contributed by atoms with Crippen molar-refractivity contribution >= 4 is 27.5 Å². The predicted molar refractivity (Wildman–Crippen MR) is 89.9 cm³/mol. The van der Waals surface area contributed by atoms with Gasteiger partial charge in [-0.2, -0.15) is 0 Å². The minimum absolute atomic E-state index is 0.110. The van der Waals surface area contributed by atoms with E-state index in [0.29, 0.717) is 6.42 Å². The van der Waals surface area contributed by atoms with Crippen molar-refractivity contribution in [2.24, 2.45) is 0 Å². The zero-order valence-electron chi connectivity index (χ0n) is 12.0. The molecule has 0 saturated carbocycles. The summed E-state index contributed by atoms with van der Waals surface area (Å²) in [4.78, 5) is 11.7. The molecule has 1 amide bonds. The fraction of sp³-hybridized carbons (Fsp3) is 0.471. The highest BCUT2D eigenvalue weighted by Crippen LogP contribution is 2.15. The summed E-state index contributed by atoms with van der Waals surface area (Å²) in [6.07, 6.45) is 10.8. The van der Waals surface area contributed by atoms with E-state index in [0.717, 1.165) is 29.4 Å². The Balaban J connectivity index is 2.03. The molecule has 0 atom stereocenters. The number of hydrogen-bond donors (Lipinski definition) is 1. The normalized spacial score (nSPS) is 10.2. The van der Waals surface area contributed by atoms with Crippen LogP contribution in [0.1, 0.15) is 51.4 Å². The molecule has 0 aliphatic rings. The van der Waals surface area contributed by atoms with E-state index in [1.54, 1.807) is 0 Å². The van der Waals surface area contributed by atoms with Crippen molar-refractivity contribution in [3.63, 3.8) is 0 Å². The highest BCUT2D eigenvalue weighted by Gasteiger charge is 2.02. The van der Waals surface area contributed by atoms with Crippen LogP contribution in [0.2, 0.25) is 0 Å². The van der Waals surface area contributed by atoms with Crippen molar-refractivity contribution in [1.29, 1.82) is 0 Å². The van der Waals surface area contributed by atoms with E-state index in [9.17, 15) is 4.79 Å². The van der Waals surface area contributed by atoms with Gasteiger partial charge in [-0.15, -0.1) is 6.58 Å². The van der Waals surface area contributed by atoms with Crippen LogP contribution in [0.5, 0.6) is 0 Å². The highest BCUT2D eigenvalue weighted by atomic mass is 79.9. The molecule has 2 nitrogen and oxygen atoms in total. The number of allylic oxidation sites excluding steroid dienone is 1. The molecule has 110 valence electrons. The molecular formula is C17H24BrNO. The fourth-order valence-corrected chi connectivity index (χ4v) is 2.30. The van der Waals surface area contributed by atoms with Gasteiger partial charge in [-0.3, -0.25) is 4.79 Å². The van der Waals surface area contributed by atoms with Crippen molar-refractivity contribution in [3.8, 4) is 0 Å². The number of anilines is 1. The number of carbonyl (C=O) groups excluding carboxylic acids is 1. The number of rotatable bonds is 10. The molecule has 0 aromatic heterocycles. The third-order valence-corrected chi connectivity index (χ3v) is 3.72. The molecule has 0 aliphatic carbocycles. The van der Waals surface area contributed by atoms with Gasteiger partial charge in [-0.1, -0.05) is 47.7 Å². The van der Waals surface area contributed by atoms with Crippen LogP contribution in [0.15, 0.2) is 41.4 Å². The van der Waals surface area contributed by atoms with E-state index >= 15 is 0 Å². The summed E-state index contributed by atoms with van der Waals surface area (Å²) in [6.45, 7) is 3.72. The third kappa shape index (κ3) is 8.16. The molecule has 0 fully saturated rings. The molecule has 0 aliphatic heterocycles. The Labute approximate surface area is 130 Å². The second-order valence-corrected chi connectivity index (χ2v) is 5.92. The van der Waals surface area contributed by atoms with Gasteiger partial charge in [-0.05, 0) is 43.5 Å². The van der Waals surface area contributed by atoms with Gasteiger partial charge in [0.25, 0.3) is 0 Å². The van der Waals surface area contributed by atoms with Gasteiger partial charge in [0, 0.05) is 16.6 Å². The Hall–Kier alpha value is -1.09. The summed E-state index contributed by atoms with van der Waals surface area (Å²) >= 11 is 3.38. The molecule has 1 rings (SSSR count). The Morgan fingerprint density at radius 2 is 1.65 bits per heavy atom. The van der Waals surface area contributed by atoms with E-state index in [2.05, 4.69) is 27.8 Å². The zero-order valence-corrected chi connectivity index (χ0v) is 13.6. The van der Waals surface area contributed by atoms with Gasteiger partial charge in [-0.25, -0.2) is 0 Å². The van der Waals surface area contributed by atoms with Crippen molar-refractivity contribution in [1.82, 2.24) is 0 Å². The minimum Gasteiger partial charge on any atom is -0.326 e. The molecular weight excluding hydrogens is 314 g/mol. The van der Waals surface area contributed by atoms with Crippen LogP contribution in [0.25, 0.3) is 0 Å². The standard InChI is InChI=1S/C17H24BrNO/c1-2-3-4-5-6-7-8-9-10-17(20)19-16-13-11-15(18)12-14-16/h2,11-14H,1,3-10H2,(H,19,20). The number of benzene rings is 1. The van der Waals surface area contributed by atoms with Gasteiger partial charge in [0.1, 0.15) is 0 Å². The molecule has 20 heavy (non-hydrogen) atoms. The number of carbonyl (C=O) groups is 1. The quantitative estimate of drug-likeness (QED) is 0.431. The highest BCUT2D eigenvalue weighted by molar-refractivity contribution is 9.10. The number of halogens is 1. The molecule has 0 radical (unpaired) electrons. The largest absolute Gasteiger partial charge is 0.326 e. The maximum atomic E-state index is 11.7. The molecule has 3 heteroatoms. The van der Waals surface area contributed by atoms with Crippen LogP contribution in [0, 0.1) is 0 Å². The first-order valence-electron chi connectivity index (χ1n) is 7.38. The van der Waals surface area contributed by atoms with Crippen LogP contribution in [-0.4, -0.2) is 5.91 Å². The SMILES string of the molecule is C=CCCCCCCCCC(=O)Nc1ccc(Br)cc1. The van der Waals surface area contributed by atoms with E-state index in [4.69, 9.17) is 0 Å². The van der Waals surface area contributed by atoms with Crippen LogP contribution in [0.3, 0.4) is 0 Å². The lowest BCUT2D eigenvalue weighted by Crippen LogP contribution is -2.10. The smallest absolute Gasteiger partial charge is 0.224 e. The first-order valence-corrected chi connectivity index (χ1v) is 8.18. The average molecular weight is 338 g/mol. The average Bonchev–Trinajstić information content (AvgIpc) is 2.44. The van der Waals surface area contributed by atoms with Gasteiger partial charge >= 0.3 is 0 Å². The molecule has 0 spiro atoms. The fourth-order valence-electron chi connectivity index (χ4n) is 2.04. The maximum absolute atomic E-state index is 11.7. The summed E-state index contributed by atoms with van der Waals surface area (Å²) in [7, 11) is 0. The Bertz CT molecular complexity index is 400. The third-order valence-electron chi connectivity index (χ3n) is 3.19. The number of unbranched alkanes of at least 4 members (excludes halogenated alkanes) is 6. The Kier molecular flexibility index (Phi) is 9.05. The first-order chi connectivity index (χ1) is 9.72. The number of amides is 1. The second-order valence-electron chi connectivity index (χ2n) is 5.00. The molecule has 0 bridgehead atoms. The van der Waals surface area contributed by atoms with E-state index in [1.165, 1.54) is 25.7 Å². The summed E-state index contributed by atoms with van der Waals surface area (Å²) in [5.74, 6) is 0.110. The molecule has 0 heterocycles. The van der Waals surface area contributed by atoms with Crippen LogP contribution < -0.4 is 5.32 Å². The summed E-state index contributed by atoms with van der Waals surface area (Å²) in [5.41, 5.74) is 0.864. The Morgan fingerprint density at radius 1 is 1.05 bits per heavy atom. The summed E-state index contributed by atoms with van der Waals surface area (Å²) < 4.78 is 1.02. The number of hydrogen-bond acceptors (Lipinski definition) is 1. The van der Waals surface area contributed by atoms with Gasteiger partial charge in [0.15, 0.2) is 0 Å². The summed E-state index contributed by atoms with van der Waals surface area (Å²) in [5, 5.41) is 2.92. The summed E-state index contributed by atoms with van der Waals surface area (Å²) in [6, 6.07) is 7.67. The lowest BCUT2D eigenvalue weighted by molar-refractivity contribution is -0.116. The van der Waals surface area contributed by atoms with Crippen LogP contribution in [0.4, 0.5) is 5.69 Å².